The minimum Gasteiger partial charge on any atom is -0.271 e. The van der Waals surface area contributed by atoms with Gasteiger partial charge in [-0.3, -0.25) is 9.63 Å². The zero-order chi connectivity index (χ0) is 14.8. The van der Waals surface area contributed by atoms with E-state index in [4.69, 9.17) is 4.84 Å². The predicted octanol–water partition coefficient (Wildman–Crippen LogP) is 3.57. The van der Waals surface area contributed by atoms with Crippen molar-refractivity contribution in [3.05, 3.63) is 78.1 Å². The summed E-state index contributed by atoms with van der Waals surface area (Å²) < 4.78 is 13.4. The summed E-state index contributed by atoms with van der Waals surface area (Å²) in [7, 11) is 0. The standard InChI is InChI=1S/C17H14FNO2/c1-2-14-15-9-8-13(18)10-16(15)19(17(14)20)21-11-12-6-4-3-5-7-12/h2-10,14H,1,11H2. The van der Waals surface area contributed by atoms with Crippen molar-refractivity contribution in [3.8, 4) is 0 Å². The van der Waals surface area contributed by atoms with Gasteiger partial charge in [0.2, 0.25) is 0 Å². The quantitative estimate of drug-likeness (QED) is 0.803. The molecule has 4 heteroatoms. The maximum Gasteiger partial charge on any atom is 0.262 e. The topological polar surface area (TPSA) is 29.5 Å². The number of amides is 1. The largest absolute Gasteiger partial charge is 0.271 e. The summed E-state index contributed by atoms with van der Waals surface area (Å²) in [5, 5.41) is 1.16. The van der Waals surface area contributed by atoms with Gasteiger partial charge in [-0.05, 0) is 17.2 Å². The Labute approximate surface area is 122 Å². The number of anilines is 1. The smallest absolute Gasteiger partial charge is 0.262 e. The zero-order valence-corrected chi connectivity index (χ0v) is 11.3. The Morgan fingerprint density at radius 1 is 1.24 bits per heavy atom. The zero-order valence-electron chi connectivity index (χ0n) is 11.3. The van der Waals surface area contributed by atoms with E-state index in [9.17, 15) is 9.18 Å². The molecule has 0 fully saturated rings. The van der Waals surface area contributed by atoms with Gasteiger partial charge in [0, 0.05) is 6.07 Å². The Hall–Kier alpha value is -2.46. The van der Waals surface area contributed by atoms with Gasteiger partial charge < -0.3 is 0 Å². The van der Waals surface area contributed by atoms with Crippen LogP contribution in [0.2, 0.25) is 0 Å². The molecule has 106 valence electrons. The summed E-state index contributed by atoms with van der Waals surface area (Å²) in [6.07, 6.45) is 1.55. The lowest BCUT2D eigenvalue weighted by Gasteiger charge is -2.17. The van der Waals surface area contributed by atoms with Crippen molar-refractivity contribution >= 4 is 11.6 Å². The highest BCUT2D eigenvalue weighted by Crippen LogP contribution is 2.38. The van der Waals surface area contributed by atoms with Crippen LogP contribution in [0, 0.1) is 5.82 Å². The van der Waals surface area contributed by atoms with E-state index < -0.39 is 11.7 Å². The van der Waals surface area contributed by atoms with Crippen molar-refractivity contribution in [2.45, 2.75) is 12.5 Å². The molecular weight excluding hydrogens is 269 g/mol. The molecule has 1 heterocycles. The van der Waals surface area contributed by atoms with E-state index in [1.807, 2.05) is 30.3 Å². The maximum atomic E-state index is 13.4. The van der Waals surface area contributed by atoms with Gasteiger partial charge in [0.1, 0.15) is 12.4 Å². The lowest BCUT2D eigenvalue weighted by atomic mass is 10.0. The second kappa shape index (κ2) is 5.50. The monoisotopic (exact) mass is 283 g/mol. The van der Waals surface area contributed by atoms with Crippen LogP contribution in [0.5, 0.6) is 0 Å². The van der Waals surface area contributed by atoms with Crippen LogP contribution < -0.4 is 5.06 Å². The molecule has 1 aliphatic rings. The number of nitrogens with zero attached hydrogens (tertiary/aromatic N) is 1. The highest BCUT2D eigenvalue weighted by molar-refractivity contribution is 6.04. The molecule has 0 saturated carbocycles. The van der Waals surface area contributed by atoms with Crippen molar-refractivity contribution in [1.82, 2.24) is 0 Å². The first kappa shape index (κ1) is 13.5. The van der Waals surface area contributed by atoms with E-state index in [1.165, 1.54) is 12.1 Å². The van der Waals surface area contributed by atoms with Crippen molar-refractivity contribution in [2.75, 3.05) is 5.06 Å². The molecule has 0 aliphatic carbocycles. The van der Waals surface area contributed by atoms with E-state index in [2.05, 4.69) is 6.58 Å². The second-order valence-electron chi connectivity index (χ2n) is 4.81. The SMILES string of the molecule is C=CC1C(=O)N(OCc2ccccc2)c2cc(F)ccc21. The van der Waals surface area contributed by atoms with Gasteiger partial charge in [0.05, 0.1) is 11.6 Å². The Bertz CT molecular complexity index is 684. The summed E-state index contributed by atoms with van der Waals surface area (Å²) in [6.45, 7) is 3.91. The molecule has 1 aliphatic heterocycles. The Morgan fingerprint density at radius 3 is 2.71 bits per heavy atom. The molecule has 0 N–H and O–H groups in total. The minimum absolute atomic E-state index is 0.242. The molecule has 0 bridgehead atoms. The van der Waals surface area contributed by atoms with Gasteiger partial charge in [0.25, 0.3) is 5.91 Å². The molecule has 1 amide bonds. The molecule has 1 atom stereocenters. The van der Waals surface area contributed by atoms with Crippen LogP contribution in [0.25, 0.3) is 0 Å². The van der Waals surface area contributed by atoms with Crippen LogP contribution in [0.1, 0.15) is 17.0 Å². The van der Waals surface area contributed by atoms with Crippen LogP contribution in [0.15, 0.2) is 61.2 Å². The molecule has 21 heavy (non-hydrogen) atoms. The van der Waals surface area contributed by atoms with Gasteiger partial charge in [-0.15, -0.1) is 6.58 Å². The predicted molar refractivity (Wildman–Crippen MR) is 78.1 cm³/mol. The first-order valence-corrected chi connectivity index (χ1v) is 6.63. The summed E-state index contributed by atoms with van der Waals surface area (Å²) in [5.41, 5.74) is 2.09. The summed E-state index contributed by atoms with van der Waals surface area (Å²) in [4.78, 5) is 17.9. The number of hydrogen-bond acceptors (Lipinski definition) is 2. The van der Waals surface area contributed by atoms with Crippen LogP contribution in [-0.4, -0.2) is 5.91 Å². The van der Waals surface area contributed by atoms with Crippen molar-refractivity contribution in [1.29, 1.82) is 0 Å². The number of halogens is 1. The first-order valence-electron chi connectivity index (χ1n) is 6.63. The number of hydroxylamine groups is 1. The van der Waals surface area contributed by atoms with Crippen LogP contribution in [-0.2, 0) is 16.2 Å². The molecule has 0 spiro atoms. The lowest BCUT2D eigenvalue weighted by Crippen LogP contribution is -2.28. The fourth-order valence-electron chi connectivity index (χ4n) is 2.41. The first-order chi connectivity index (χ1) is 10.2. The van der Waals surface area contributed by atoms with E-state index in [-0.39, 0.29) is 12.5 Å². The van der Waals surface area contributed by atoms with E-state index >= 15 is 0 Å². The van der Waals surface area contributed by atoms with Gasteiger partial charge in [0.15, 0.2) is 0 Å². The molecule has 2 aromatic carbocycles. The lowest BCUT2D eigenvalue weighted by molar-refractivity contribution is -0.125. The molecule has 0 radical (unpaired) electrons. The summed E-state index contributed by atoms with van der Waals surface area (Å²) in [5.74, 6) is -1.14. The van der Waals surface area contributed by atoms with E-state index in [0.29, 0.717) is 11.3 Å². The average molecular weight is 283 g/mol. The molecule has 2 aromatic rings. The van der Waals surface area contributed by atoms with Gasteiger partial charge >= 0.3 is 0 Å². The number of fused-ring (bicyclic) bond motifs is 1. The van der Waals surface area contributed by atoms with Crippen molar-refractivity contribution in [2.24, 2.45) is 0 Å². The molecule has 3 rings (SSSR count). The molecular formula is C17H14FNO2. The number of rotatable bonds is 4. The Morgan fingerprint density at radius 2 is 2.00 bits per heavy atom. The highest BCUT2D eigenvalue weighted by atomic mass is 19.1. The minimum atomic E-state index is -0.489. The number of benzene rings is 2. The van der Waals surface area contributed by atoms with E-state index in [1.54, 1.807) is 12.1 Å². The Balaban J connectivity index is 1.87. The molecule has 0 saturated heterocycles. The van der Waals surface area contributed by atoms with Gasteiger partial charge in [-0.25, -0.2) is 4.39 Å². The van der Waals surface area contributed by atoms with E-state index in [0.717, 1.165) is 10.6 Å². The molecule has 3 nitrogen and oxygen atoms in total. The molecule has 0 aromatic heterocycles. The summed E-state index contributed by atoms with van der Waals surface area (Å²) >= 11 is 0. The third-order valence-corrected chi connectivity index (χ3v) is 3.45. The van der Waals surface area contributed by atoms with Crippen LogP contribution in [0.4, 0.5) is 10.1 Å². The normalized spacial score (nSPS) is 16.9. The fourth-order valence-corrected chi connectivity index (χ4v) is 2.41. The third-order valence-electron chi connectivity index (χ3n) is 3.45. The Kier molecular flexibility index (Phi) is 3.54. The van der Waals surface area contributed by atoms with Gasteiger partial charge in [-0.1, -0.05) is 42.5 Å². The molecule has 1 unspecified atom stereocenters. The van der Waals surface area contributed by atoms with Crippen molar-refractivity contribution in [3.63, 3.8) is 0 Å². The number of hydrogen-bond donors (Lipinski definition) is 0. The second-order valence-corrected chi connectivity index (χ2v) is 4.81. The fraction of sp³-hybridized carbons (Fsp3) is 0.118. The number of carbonyl (C=O) groups is 1. The maximum absolute atomic E-state index is 13.4. The van der Waals surface area contributed by atoms with Gasteiger partial charge in [-0.2, -0.15) is 5.06 Å². The number of carbonyl (C=O) groups excluding carboxylic acids is 1. The average Bonchev–Trinajstić information content (AvgIpc) is 2.77. The van der Waals surface area contributed by atoms with Crippen LogP contribution >= 0.6 is 0 Å². The third kappa shape index (κ3) is 2.45. The van der Waals surface area contributed by atoms with Crippen LogP contribution in [0.3, 0.4) is 0 Å². The summed E-state index contributed by atoms with van der Waals surface area (Å²) in [6, 6.07) is 13.7. The van der Waals surface area contributed by atoms with Crippen molar-refractivity contribution < 1.29 is 14.0 Å². The highest BCUT2D eigenvalue weighted by Gasteiger charge is 2.36.